The van der Waals surface area contributed by atoms with Crippen LogP contribution in [0.4, 0.5) is 5.82 Å². The van der Waals surface area contributed by atoms with Crippen LogP contribution in [0.1, 0.15) is 71.4 Å². The van der Waals surface area contributed by atoms with Crippen molar-refractivity contribution < 1.29 is 28.7 Å². The first-order valence-corrected chi connectivity index (χ1v) is 20.8. The molecule has 59 heavy (non-hydrogen) atoms. The first-order valence-electron chi connectivity index (χ1n) is 19.9. The molecule has 0 aliphatic carbocycles. The van der Waals surface area contributed by atoms with E-state index in [2.05, 4.69) is 84.3 Å². The van der Waals surface area contributed by atoms with Gasteiger partial charge in [0.15, 0.2) is 4.96 Å². The molecule has 2 aliphatic rings. The molecule has 3 amide bonds. The molecule has 2 aromatic carbocycles. The lowest BCUT2D eigenvalue weighted by molar-refractivity contribution is -0.136. The van der Waals surface area contributed by atoms with Crippen LogP contribution >= 0.6 is 11.3 Å². The zero-order valence-electron chi connectivity index (χ0n) is 35.0. The van der Waals surface area contributed by atoms with Gasteiger partial charge in [-0.1, -0.05) is 86.2 Å². The SMILES string of the molecule is CC(=O)NCC(=O)N1CCCC1.CCC.CCOC=O.CNC(C(=O)N1CCC[C@H]1C=O)c1ccccc1.CNc1cn2cc(-c3ccc(-c4cnc[nH]4)cc3)sc2n1. The number of carbonyl (C=O) groups is 5. The Morgan fingerprint density at radius 2 is 1.63 bits per heavy atom. The number of thiazole rings is 1. The molecule has 2 atom stereocenters. The third-order valence-corrected chi connectivity index (χ3v) is 10.0. The maximum atomic E-state index is 12.5. The number of imidazole rings is 2. The van der Waals surface area contributed by atoms with Crippen molar-refractivity contribution in [2.75, 3.05) is 52.2 Å². The summed E-state index contributed by atoms with van der Waals surface area (Å²) < 4.78 is 6.20. The summed E-state index contributed by atoms with van der Waals surface area (Å²) in [6.45, 7) is 10.8. The predicted molar refractivity (Wildman–Crippen MR) is 233 cm³/mol. The monoisotopic (exact) mass is 829 g/mol. The Morgan fingerprint density at radius 1 is 0.949 bits per heavy atom. The summed E-state index contributed by atoms with van der Waals surface area (Å²) >= 11 is 1.68. The maximum Gasteiger partial charge on any atom is 0.293 e. The zero-order valence-corrected chi connectivity index (χ0v) is 35.8. The molecular formula is C43H59N9O6S. The maximum absolute atomic E-state index is 12.5. The summed E-state index contributed by atoms with van der Waals surface area (Å²) in [5, 5.41) is 8.57. The van der Waals surface area contributed by atoms with Gasteiger partial charge in [0.25, 0.3) is 6.47 Å². The predicted octanol–water partition coefficient (Wildman–Crippen LogP) is 5.97. The van der Waals surface area contributed by atoms with E-state index >= 15 is 0 Å². The van der Waals surface area contributed by atoms with E-state index in [9.17, 15) is 24.0 Å². The highest BCUT2D eigenvalue weighted by Gasteiger charge is 2.32. The van der Waals surface area contributed by atoms with Crippen LogP contribution < -0.4 is 16.0 Å². The van der Waals surface area contributed by atoms with Crippen LogP contribution in [-0.2, 0) is 28.7 Å². The van der Waals surface area contributed by atoms with Crippen LogP contribution in [0.5, 0.6) is 0 Å². The number of anilines is 1. The van der Waals surface area contributed by atoms with E-state index in [-0.39, 0.29) is 36.3 Å². The van der Waals surface area contributed by atoms with Gasteiger partial charge in [0.05, 0.1) is 48.5 Å². The molecular weight excluding hydrogens is 771 g/mol. The van der Waals surface area contributed by atoms with Crippen molar-refractivity contribution in [1.82, 2.24) is 39.8 Å². The lowest BCUT2D eigenvalue weighted by Crippen LogP contribution is -2.43. The number of likely N-dealkylation sites (N-methyl/N-ethyl adjacent to an activating group) is 1. The average Bonchev–Trinajstić information content (AvgIpc) is 4.11. The van der Waals surface area contributed by atoms with E-state index in [1.807, 2.05) is 49.8 Å². The van der Waals surface area contributed by atoms with Gasteiger partial charge in [-0.25, -0.2) is 9.97 Å². The Morgan fingerprint density at radius 3 is 2.15 bits per heavy atom. The molecule has 5 aromatic rings. The molecule has 16 heteroatoms. The minimum absolute atomic E-state index is 0.0155. The lowest BCUT2D eigenvalue weighted by Gasteiger charge is -2.26. The minimum atomic E-state index is -0.369. The fourth-order valence-corrected chi connectivity index (χ4v) is 7.05. The molecule has 0 radical (unpaired) electrons. The van der Waals surface area contributed by atoms with E-state index in [1.54, 1.807) is 41.4 Å². The van der Waals surface area contributed by atoms with Crippen LogP contribution in [0.3, 0.4) is 0 Å². The number of H-pyrrole nitrogens is 1. The first kappa shape index (κ1) is 47.5. The van der Waals surface area contributed by atoms with E-state index in [1.165, 1.54) is 23.8 Å². The van der Waals surface area contributed by atoms with Crippen molar-refractivity contribution in [3.05, 3.63) is 85.1 Å². The number of aldehydes is 1. The highest BCUT2D eigenvalue weighted by atomic mass is 32.1. The van der Waals surface area contributed by atoms with Crippen molar-refractivity contribution in [2.24, 2.45) is 0 Å². The number of likely N-dealkylation sites (tertiary alicyclic amines) is 2. The van der Waals surface area contributed by atoms with Gasteiger partial charge in [-0.05, 0) is 56.3 Å². The number of rotatable bonds is 11. The Bertz CT molecular complexity index is 1950. The summed E-state index contributed by atoms with van der Waals surface area (Å²) in [4.78, 5) is 71.6. The molecule has 0 bridgehead atoms. The van der Waals surface area contributed by atoms with Gasteiger partial charge in [0, 0.05) is 39.8 Å². The van der Waals surface area contributed by atoms with Gasteiger partial charge >= 0.3 is 0 Å². The van der Waals surface area contributed by atoms with Crippen molar-refractivity contribution in [1.29, 1.82) is 0 Å². The highest BCUT2D eigenvalue weighted by Crippen LogP contribution is 2.30. The number of hydrogen-bond acceptors (Lipinski definition) is 11. The van der Waals surface area contributed by atoms with Crippen molar-refractivity contribution in [3.63, 3.8) is 0 Å². The third-order valence-electron chi connectivity index (χ3n) is 8.98. The summed E-state index contributed by atoms with van der Waals surface area (Å²) in [7, 11) is 3.64. The molecule has 4 N–H and O–H groups in total. The largest absolute Gasteiger partial charge is 0.468 e. The summed E-state index contributed by atoms with van der Waals surface area (Å²) in [6, 6.07) is 17.4. The smallest absolute Gasteiger partial charge is 0.293 e. The topological polar surface area (TPSA) is 183 Å². The Kier molecular flexibility index (Phi) is 21.1. The van der Waals surface area contributed by atoms with Crippen molar-refractivity contribution in [3.8, 4) is 21.7 Å². The molecule has 15 nitrogen and oxygen atoms in total. The van der Waals surface area contributed by atoms with Gasteiger partial charge < -0.3 is 40.3 Å². The van der Waals surface area contributed by atoms with Crippen molar-refractivity contribution in [2.45, 2.75) is 71.9 Å². The van der Waals surface area contributed by atoms with E-state index in [0.29, 0.717) is 19.6 Å². The van der Waals surface area contributed by atoms with Gasteiger partial charge in [0.1, 0.15) is 18.1 Å². The quantitative estimate of drug-likeness (QED) is 0.116. The summed E-state index contributed by atoms with van der Waals surface area (Å²) in [5.74, 6) is 0.755. The molecule has 2 fully saturated rings. The van der Waals surface area contributed by atoms with Gasteiger partial charge in [0.2, 0.25) is 17.7 Å². The van der Waals surface area contributed by atoms with Crippen molar-refractivity contribution >= 4 is 52.6 Å². The lowest BCUT2D eigenvalue weighted by atomic mass is 10.1. The molecule has 5 heterocycles. The van der Waals surface area contributed by atoms with Crippen LogP contribution in [0.2, 0.25) is 0 Å². The van der Waals surface area contributed by atoms with Gasteiger partial charge in [-0.3, -0.25) is 23.6 Å². The number of amides is 3. The second-order valence-corrected chi connectivity index (χ2v) is 14.5. The normalized spacial score (nSPS) is 14.4. The first-order chi connectivity index (χ1) is 28.6. The van der Waals surface area contributed by atoms with Gasteiger partial charge in [-0.2, -0.15) is 0 Å². The number of nitrogens with zero attached hydrogens (tertiary/aromatic N) is 5. The molecule has 0 saturated carbocycles. The Balaban J connectivity index is 0.000000223. The Labute approximate surface area is 351 Å². The Hall–Kier alpha value is -5.87. The highest BCUT2D eigenvalue weighted by molar-refractivity contribution is 7.20. The second kappa shape index (κ2) is 26.2. The number of carbonyl (C=O) groups excluding carboxylic acids is 5. The molecule has 3 aromatic heterocycles. The van der Waals surface area contributed by atoms with E-state index in [4.69, 9.17) is 0 Å². The third kappa shape index (κ3) is 15.1. The second-order valence-electron chi connectivity index (χ2n) is 13.5. The van der Waals surface area contributed by atoms with Crippen LogP contribution in [0, 0.1) is 0 Å². The summed E-state index contributed by atoms with van der Waals surface area (Å²) in [6.07, 6.45) is 13.6. The average molecular weight is 830 g/mol. The fourth-order valence-electron chi connectivity index (χ4n) is 6.08. The number of benzene rings is 2. The molecule has 1 unspecified atom stereocenters. The van der Waals surface area contributed by atoms with E-state index < -0.39 is 0 Å². The zero-order chi connectivity index (χ0) is 43.0. The van der Waals surface area contributed by atoms with Crippen LogP contribution in [-0.4, -0.2) is 113 Å². The molecule has 0 spiro atoms. The number of fused-ring (bicyclic) bond motifs is 1. The van der Waals surface area contributed by atoms with Crippen LogP contribution in [0.15, 0.2) is 79.5 Å². The number of nitrogens with one attached hydrogen (secondary N) is 4. The number of hydrogen-bond donors (Lipinski definition) is 4. The standard InChI is InChI=1S/C15H13N5S.C14H18N2O2.C8H14N2O2.C3H6O2.C3H8/c1-16-14-8-20-7-13(21-15(20)19-14)11-4-2-10(3-5-11)12-6-17-9-18-12;1-15-13(11-6-3-2-4-7-11)14(18)16-9-5-8-12(16)10-17;1-7(11)9-6-8(12)10-4-2-3-5-10;1-2-5-3-4;1-3-2/h2-9,16H,1H3,(H,17,18);2-4,6-7,10,12-13,15H,5,8-9H2,1H3;2-6H2,1H3,(H,9,11);3H,2H2,1H3;3H2,1-2H3/t;12-,13?;;;/m.0.../s1. The summed E-state index contributed by atoms with van der Waals surface area (Å²) in [5.41, 5.74) is 4.29. The molecule has 2 saturated heterocycles. The van der Waals surface area contributed by atoms with Crippen LogP contribution in [0.25, 0.3) is 26.7 Å². The number of aromatic amines is 1. The van der Waals surface area contributed by atoms with Gasteiger partial charge in [-0.15, -0.1) is 0 Å². The molecule has 2 aliphatic heterocycles. The molecule has 318 valence electrons. The molecule has 7 rings (SSSR count). The van der Waals surface area contributed by atoms with E-state index in [0.717, 1.165) is 72.7 Å². The number of aromatic nitrogens is 4. The minimum Gasteiger partial charge on any atom is -0.468 e. The fraction of sp³-hybridized carbons (Fsp3) is 0.419. The number of ether oxygens (including phenoxy) is 1.